The zero-order valence-corrected chi connectivity index (χ0v) is 18.1. The molecule has 3 N–H and O–H groups in total. The van der Waals surface area contributed by atoms with Crippen molar-refractivity contribution in [1.29, 1.82) is 0 Å². The van der Waals surface area contributed by atoms with Gasteiger partial charge in [-0.2, -0.15) is 14.4 Å². The second-order valence-corrected chi connectivity index (χ2v) is 9.58. The van der Waals surface area contributed by atoms with E-state index in [9.17, 15) is 8.42 Å². The molecule has 2 aromatic heterocycles. The molecular weight excluding hydrogens is 426 g/mol. The number of nitrogens with zero attached hydrogens (tertiary/aromatic N) is 4. The number of hydrogen-bond acceptors (Lipinski definition) is 7. The Kier molecular flexibility index (Phi) is 5.46. The van der Waals surface area contributed by atoms with Gasteiger partial charge in [0, 0.05) is 30.4 Å². The predicted octanol–water partition coefficient (Wildman–Crippen LogP) is 4.01. The van der Waals surface area contributed by atoms with Crippen molar-refractivity contribution in [3.8, 4) is 0 Å². The van der Waals surface area contributed by atoms with Crippen LogP contribution in [0.15, 0.2) is 65.8 Å². The largest absolute Gasteiger partial charge is 0.339 e. The van der Waals surface area contributed by atoms with E-state index in [1.807, 2.05) is 18.2 Å². The van der Waals surface area contributed by atoms with Gasteiger partial charge in [0.2, 0.25) is 16.0 Å². The SMILES string of the molecule is O=S(=O)(c1cccc(Nc2nccc(Nc3cccc4[nH]ncc34)n2)c1)N1CCCCC1. The standard InChI is InChI=1S/C22H23N7O2S/c30-32(31,29-12-2-1-3-13-29)17-7-4-6-16(14-17)25-22-23-11-10-21(27-22)26-19-8-5-9-20-18(19)15-24-28-20/h4-11,14-15H,1-3,12-13H2,(H,24,28)(H2,23,25,26,27). The molecule has 0 amide bonds. The average Bonchev–Trinajstić information content (AvgIpc) is 3.30. The summed E-state index contributed by atoms with van der Waals surface area (Å²) in [6.07, 6.45) is 6.27. The summed E-state index contributed by atoms with van der Waals surface area (Å²) in [7, 11) is -3.51. The number of nitrogens with one attached hydrogen (secondary N) is 3. The van der Waals surface area contributed by atoms with E-state index in [4.69, 9.17) is 0 Å². The van der Waals surface area contributed by atoms with Crippen molar-refractivity contribution in [3.63, 3.8) is 0 Å². The van der Waals surface area contributed by atoms with Gasteiger partial charge >= 0.3 is 0 Å². The number of aromatic amines is 1. The highest BCUT2D eigenvalue weighted by Crippen LogP contribution is 2.26. The van der Waals surface area contributed by atoms with Gasteiger partial charge in [0.05, 0.1) is 22.3 Å². The lowest BCUT2D eigenvalue weighted by Gasteiger charge is -2.26. The molecular formula is C22H23N7O2S. The molecule has 1 aliphatic heterocycles. The van der Waals surface area contributed by atoms with Crippen molar-refractivity contribution in [1.82, 2.24) is 24.5 Å². The fourth-order valence-corrected chi connectivity index (χ4v) is 5.38. The summed E-state index contributed by atoms with van der Waals surface area (Å²) in [5, 5.41) is 14.4. The predicted molar refractivity (Wildman–Crippen MR) is 124 cm³/mol. The third-order valence-corrected chi connectivity index (χ3v) is 7.34. The number of piperidine rings is 1. The molecule has 9 nitrogen and oxygen atoms in total. The lowest BCUT2D eigenvalue weighted by molar-refractivity contribution is 0.346. The fourth-order valence-electron chi connectivity index (χ4n) is 3.82. The van der Waals surface area contributed by atoms with E-state index >= 15 is 0 Å². The topological polar surface area (TPSA) is 116 Å². The van der Waals surface area contributed by atoms with E-state index in [2.05, 4.69) is 30.8 Å². The Morgan fingerprint density at radius 1 is 0.969 bits per heavy atom. The second-order valence-electron chi connectivity index (χ2n) is 7.64. The minimum atomic E-state index is -3.51. The lowest BCUT2D eigenvalue weighted by Crippen LogP contribution is -2.35. The Hall–Kier alpha value is -3.50. The van der Waals surface area contributed by atoms with Crippen LogP contribution < -0.4 is 10.6 Å². The molecule has 0 spiro atoms. The van der Waals surface area contributed by atoms with Crippen LogP contribution in [0.2, 0.25) is 0 Å². The van der Waals surface area contributed by atoms with Crippen LogP contribution in [0.3, 0.4) is 0 Å². The molecule has 0 radical (unpaired) electrons. The van der Waals surface area contributed by atoms with Gasteiger partial charge in [-0.05, 0) is 49.2 Å². The molecule has 0 unspecified atom stereocenters. The summed E-state index contributed by atoms with van der Waals surface area (Å²) in [4.78, 5) is 9.05. The first kappa shape index (κ1) is 20.4. The second kappa shape index (κ2) is 8.56. The maximum Gasteiger partial charge on any atom is 0.243 e. The van der Waals surface area contributed by atoms with Gasteiger partial charge in [-0.25, -0.2) is 13.4 Å². The Morgan fingerprint density at radius 3 is 2.69 bits per heavy atom. The van der Waals surface area contributed by atoms with Crippen molar-refractivity contribution >= 4 is 44.1 Å². The molecule has 1 fully saturated rings. The maximum absolute atomic E-state index is 13.0. The van der Waals surface area contributed by atoms with Crippen LogP contribution in [0.1, 0.15) is 19.3 Å². The van der Waals surface area contributed by atoms with E-state index < -0.39 is 10.0 Å². The van der Waals surface area contributed by atoms with Crippen molar-refractivity contribution in [2.45, 2.75) is 24.2 Å². The number of hydrogen-bond donors (Lipinski definition) is 3. The zero-order valence-electron chi connectivity index (χ0n) is 17.3. The molecule has 0 bridgehead atoms. The summed E-state index contributed by atoms with van der Waals surface area (Å²) < 4.78 is 27.5. The van der Waals surface area contributed by atoms with Crippen LogP contribution in [0.4, 0.5) is 23.1 Å². The van der Waals surface area contributed by atoms with Crippen LogP contribution in [0, 0.1) is 0 Å². The molecule has 0 aliphatic carbocycles. The monoisotopic (exact) mass is 449 g/mol. The first-order valence-electron chi connectivity index (χ1n) is 10.5. The maximum atomic E-state index is 13.0. The highest BCUT2D eigenvalue weighted by atomic mass is 32.2. The van der Waals surface area contributed by atoms with Crippen LogP contribution in [-0.4, -0.2) is 46.0 Å². The van der Waals surface area contributed by atoms with E-state index in [1.54, 1.807) is 47.0 Å². The van der Waals surface area contributed by atoms with Crippen LogP contribution >= 0.6 is 0 Å². The molecule has 4 aromatic rings. The van der Waals surface area contributed by atoms with Gasteiger partial charge in [-0.3, -0.25) is 5.10 Å². The Balaban J connectivity index is 1.36. The Bertz CT molecular complexity index is 1350. The molecule has 0 saturated carbocycles. The van der Waals surface area contributed by atoms with Crippen molar-refractivity contribution < 1.29 is 8.42 Å². The molecule has 0 atom stereocenters. The van der Waals surface area contributed by atoms with Gasteiger partial charge in [0.1, 0.15) is 5.82 Å². The first-order chi connectivity index (χ1) is 15.6. The van der Waals surface area contributed by atoms with Crippen molar-refractivity contribution in [3.05, 3.63) is 60.9 Å². The van der Waals surface area contributed by atoms with Gasteiger partial charge in [0.25, 0.3) is 0 Å². The zero-order chi connectivity index (χ0) is 22.0. The summed E-state index contributed by atoms with van der Waals surface area (Å²) in [6.45, 7) is 1.14. The molecule has 5 rings (SSSR count). The summed E-state index contributed by atoms with van der Waals surface area (Å²) in [6, 6.07) is 14.4. The number of rotatable bonds is 6. The third-order valence-electron chi connectivity index (χ3n) is 5.45. The molecule has 2 aromatic carbocycles. The summed E-state index contributed by atoms with van der Waals surface area (Å²) in [5.74, 6) is 0.968. The fraction of sp³-hybridized carbons (Fsp3) is 0.227. The number of H-pyrrole nitrogens is 1. The first-order valence-corrected chi connectivity index (χ1v) is 11.9. The number of anilines is 4. The minimum absolute atomic E-state index is 0.269. The number of fused-ring (bicyclic) bond motifs is 1. The van der Waals surface area contributed by atoms with E-state index in [1.165, 1.54) is 0 Å². The van der Waals surface area contributed by atoms with E-state index in [-0.39, 0.29) is 4.90 Å². The number of sulfonamides is 1. The normalized spacial score (nSPS) is 15.0. The highest BCUT2D eigenvalue weighted by Gasteiger charge is 2.26. The molecule has 1 saturated heterocycles. The summed E-state index contributed by atoms with van der Waals surface area (Å²) in [5.41, 5.74) is 2.40. The van der Waals surface area contributed by atoms with Crippen molar-refractivity contribution in [2.24, 2.45) is 0 Å². The quantitative estimate of drug-likeness (QED) is 0.407. The number of aromatic nitrogens is 4. The van der Waals surface area contributed by atoms with Crippen LogP contribution in [-0.2, 0) is 10.0 Å². The van der Waals surface area contributed by atoms with Crippen LogP contribution in [0.25, 0.3) is 10.9 Å². The summed E-state index contributed by atoms with van der Waals surface area (Å²) >= 11 is 0. The Morgan fingerprint density at radius 2 is 1.81 bits per heavy atom. The minimum Gasteiger partial charge on any atom is -0.339 e. The van der Waals surface area contributed by atoms with Gasteiger partial charge in [-0.15, -0.1) is 0 Å². The Labute approximate surface area is 186 Å². The molecule has 164 valence electrons. The molecule has 32 heavy (non-hydrogen) atoms. The highest BCUT2D eigenvalue weighted by molar-refractivity contribution is 7.89. The lowest BCUT2D eigenvalue weighted by atomic mass is 10.2. The van der Waals surface area contributed by atoms with Gasteiger partial charge < -0.3 is 10.6 Å². The van der Waals surface area contributed by atoms with Gasteiger partial charge in [-0.1, -0.05) is 18.6 Å². The van der Waals surface area contributed by atoms with E-state index in [0.29, 0.717) is 30.5 Å². The molecule has 1 aliphatic rings. The van der Waals surface area contributed by atoms with Gasteiger partial charge in [0.15, 0.2) is 0 Å². The smallest absolute Gasteiger partial charge is 0.243 e. The molecule has 3 heterocycles. The number of benzene rings is 2. The van der Waals surface area contributed by atoms with E-state index in [0.717, 1.165) is 35.9 Å². The van der Waals surface area contributed by atoms with Crippen molar-refractivity contribution in [2.75, 3.05) is 23.7 Å². The average molecular weight is 450 g/mol. The third kappa shape index (κ3) is 4.14. The molecule has 10 heteroatoms. The van der Waals surface area contributed by atoms with Crippen LogP contribution in [0.5, 0.6) is 0 Å².